The van der Waals surface area contributed by atoms with Crippen molar-refractivity contribution >= 4 is 10.0 Å². The molecule has 0 N–H and O–H groups in total. The second-order valence-electron chi connectivity index (χ2n) is 2.50. The Labute approximate surface area is 76.4 Å². The normalized spacial score (nSPS) is 11.2. The van der Waals surface area contributed by atoms with E-state index < -0.39 is 10.0 Å². The fraction of sp³-hybridized carbons (Fsp3) is 0.300. The van der Waals surface area contributed by atoms with E-state index in [0.29, 0.717) is 0 Å². The number of nitrogens with zero attached hydrogens (tertiary/aromatic N) is 1. The van der Waals surface area contributed by atoms with E-state index in [4.69, 9.17) is 5.26 Å². The molecule has 0 aromatic rings. The van der Waals surface area contributed by atoms with Crippen LogP contribution in [0.15, 0.2) is 38.0 Å². The second-order valence-corrected chi connectivity index (χ2v) is 5.78. The number of rotatable bonds is 6. The van der Waals surface area contributed by atoms with Gasteiger partial charge in [0.2, 0.25) is 0 Å². The molecule has 66 valence electrons. The predicted octanol–water partition coefficient (Wildman–Crippen LogP) is 2.83. The van der Waals surface area contributed by atoms with Gasteiger partial charge in [-0.3, -0.25) is 0 Å². The molecule has 0 atom stereocenters. The molecule has 0 spiro atoms. The summed E-state index contributed by atoms with van der Waals surface area (Å²) in [6, 6.07) is 0. The van der Waals surface area contributed by atoms with E-state index in [9.17, 15) is 0 Å². The van der Waals surface area contributed by atoms with E-state index in [1.165, 1.54) is 0 Å². The van der Waals surface area contributed by atoms with Crippen molar-refractivity contribution in [1.82, 2.24) is 0 Å². The van der Waals surface area contributed by atoms with Crippen LogP contribution in [0.2, 0.25) is 0 Å². The molecule has 0 aliphatic rings. The molecule has 0 heterocycles. The molecule has 12 heavy (non-hydrogen) atoms. The third-order valence-corrected chi connectivity index (χ3v) is 4.51. The van der Waals surface area contributed by atoms with E-state index in [2.05, 4.69) is 25.1 Å². The number of nitriles is 1. The van der Waals surface area contributed by atoms with Crippen LogP contribution in [-0.4, -0.2) is 17.3 Å². The number of hydrogen-bond donors (Lipinski definition) is 0. The minimum absolute atomic E-state index is 0.779. The lowest BCUT2D eigenvalue weighted by atomic mass is 10.7. The van der Waals surface area contributed by atoms with Crippen molar-refractivity contribution in [2.45, 2.75) is 0 Å². The fourth-order valence-electron chi connectivity index (χ4n) is 0.993. The SMILES string of the molecule is C=CCS(C#N)(CC=C)CC=C. The Kier molecular flexibility index (Phi) is 5.23. The molecule has 0 saturated heterocycles. The Bertz CT molecular complexity index is 186. The maximum atomic E-state index is 9.01. The standard InChI is InChI=1S/C10H15NS/c1-4-7-12(10-11,8-5-2)9-6-3/h4-6H,1-3,7-9H2. The summed E-state index contributed by atoms with van der Waals surface area (Å²) in [6.07, 6.45) is 5.43. The Morgan fingerprint density at radius 3 is 1.50 bits per heavy atom. The third-order valence-electron chi connectivity index (χ3n) is 1.50. The monoisotopic (exact) mass is 181 g/mol. The van der Waals surface area contributed by atoms with Crippen LogP contribution in [0.3, 0.4) is 0 Å². The van der Waals surface area contributed by atoms with Gasteiger partial charge in [-0.25, -0.2) is 0 Å². The molecule has 0 aromatic carbocycles. The summed E-state index contributed by atoms with van der Waals surface area (Å²) in [4.78, 5) is 0. The molecule has 0 amide bonds. The molecule has 2 heteroatoms. The lowest BCUT2D eigenvalue weighted by molar-refractivity contribution is 1.53. The van der Waals surface area contributed by atoms with Gasteiger partial charge < -0.3 is 0 Å². The Hall–Kier alpha value is -0.940. The number of hydrogen-bond acceptors (Lipinski definition) is 1. The average molecular weight is 181 g/mol. The van der Waals surface area contributed by atoms with E-state index in [-0.39, 0.29) is 0 Å². The largest absolute Gasteiger partial charge is 0.187 e. The van der Waals surface area contributed by atoms with E-state index in [1.54, 1.807) is 0 Å². The van der Waals surface area contributed by atoms with Gasteiger partial charge in [0.15, 0.2) is 0 Å². The van der Waals surface area contributed by atoms with Crippen LogP contribution in [0.25, 0.3) is 0 Å². The van der Waals surface area contributed by atoms with Gasteiger partial charge >= 0.3 is 0 Å². The van der Waals surface area contributed by atoms with Gasteiger partial charge in [0, 0.05) is 17.3 Å². The van der Waals surface area contributed by atoms with E-state index in [1.807, 2.05) is 18.2 Å². The Morgan fingerprint density at radius 2 is 1.33 bits per heavy atom. The van der Waals surface area contributed by atoms with Gasteiger partial charge in [0.1, 0.15) is 5.40 Å². The predicted molar refractivity (Wildman–Crippen MR) is 58.4 cm³/mol. The first-order chi connectivity index (χ1) is 5.74. The first-order valence-electron chi connectivity index (χ1n) is 3.74. The van der Waals surface area contributed by atoms with Crippen LogP contribution >= 0.6 is 10.0 Å². The lowest BCUT2D eigenvalue weighted by Gasteiger charge is -2.28. The summed E-state index contributed by atoms with van der Waals surface area (Å²) in [7, 11) is -1.23. The quantitative estimate of drug-likeness (QED) is 0.456. The zero-order valence-electron chi connectivity index (χ0n) is 7.33. The Balaban J connectivity index is 4.49. The first kappa shape index (κ1) is 11.1. The van der Waals surface area contributed by atoms with Crippen LogP contribution in [0.4, 0.5) is 0 Å². The maximum absolute atomic E-state index is 9.01. The van der Waals surface area contributed by atoms with Crippen LogP contribution in [0.1, 0.15) is 0 Å². The minimum Gasteiger partial charge on any atom is -0.187 e. The molecule has 0 unspecified atom stereocenters. The maximum Gasteiger partial charge on any atom is 0.114 e. The van der Waals surface area contributed by atoms with E-state index in [0.717, 1.165) is 17.3 Å². The van der Waals surface area contributed by atoms with Gasteiger partial charge in [-0.2, -0.15) is 5.26 Å². The van der Waals surface area contributed by atoms with Crippen molar-refractivity contribution in [1.29, 1.82) is 5.26 Å². The average Bonchev–Trinajstić information content (AvgIpc) is 2.06. The lowest BCUT2D eigenvalue weighted by Crippen LogP contribution is -2.07. The molecule has 0 saturated carbocycles. The second kappa shape index (κ2) is 5.68. The van der Waals surface area contributed by atoms with Crippen molar-refractivity contribution in [3.63, 3.8) is 0 Å². The van der Waals surface area contributed by atoms with Crippen molar-refractivity contribution in [2.24, 2.45) is 0 Å². The highest BCUT2D eigenvalue weighted by atomic mass is 32.3. The molecule has 0 bridgehead atoms. The van der Waals surface area contributed by atoms with Crippen LogP contribution in [0.5, 0.6) is 0 Å². The zero-order chi connectivity index (χ0) is 9.45. The summed E-state index contributed by atoms with van der Waals surface area (Å²) >= 11 is 0. The van der Waals surface area contributed by atoms with Crippen LogP contribution in [-0.2, 0) is 0 Å². The topological polar surface area (TPSA) is 23.8 Å². The first-order valence-corrected chi connectivity index (χ1v) is 5.88. The third kappa shape index (κ3) is 2.98. The summed E-state index contributed by atoms with van der Waals surface area (Å²) in [5.74, 6) is 2.34. The molecule has 0 rings (SSSR count). The number of thiocyanates is 1. The van der Waals surface area contributed by atoms with Crippen LogP contribution in [0, 0.1) is 10.7 Å². The molecule has 1 nitrogen and oxygen atoms in total. The van der Waals surface area contributed by atoms with Crippen molar-refractivity contribution in [3.05, 3.63) is 38.0 Å². The summed E-state index contributed by atoms with van der Waals surface area (Å²) < 4.78 is 0. The molecule has 0 radical (unpaired) electrons. The summed E-state index contributed by atoms with van der Waals surface area (Å²) in [5.41, 5.74) is 0. The highest BCUT2D eigenvalue weighted by Crippen LogP contribution is 2.46. The highest BCUT2D eigenvalue weighted by Gasteiger charge is 2.18. The van der Waals surface area contributed by atoms with Crippen molar-refractivity contribution < 1.29 is 0 Å². The van der Waals surface area contributed by atoms with Crippen LogP contribution < -0.4 is 0 Å². The van der Waals surface area contributed by atoms with Gasteiger partial charge in [0.25, 0.3) is 0 Å². The molecular weight excluding hydrogens is 166 g/mol. The van der Waals surface area contributed by atoms with Crippen molar-refractivity contribution in [2.75, 3.05) is 17.3 Å². The molecule has 0 aromatic heterocycles. The van der Waals surface area contributed by atoms with Gasteiger partial charge in [0.05, 0.1) is 0 Å². The zero-order valence-corrected chi connectivity index (χ0v) is 8.15. The molecule has 0 fully saturated rings. The highest BCUT2D eigenvalue weighted by molar-refractivity contribution is 8.37. The molecule has 0 aliphatic carbocycles. The van der Waals surface area contributed by atoms with Gasteiger partial charge in [-0.05, 0) is 0 Å². The summed E-state index contributed by atoms with van der Waals surface area (Å²) in [5, 5.41) is 11.4. The molecular formula is C10H15NS. The smallest absolute Gasteiger partial charge is 0.114 e. The van der Waals surface area contributed by atoms with Crippen molar-refractivity contribution in [3.8, 4) is 5.40 Å². The fourth-order valence-corrected chi connectivity index (χ4v) is 2.98. The van der Waals surface area contributed by atoms with Gasteiger partial charge in [-0.15, -0.1) is 29.8 Å². The summed E-state index contributed by atoms with van der Waals surface area (Å²) in [6.45, 7) is 11.0. The minimum atomic E-state index is -1.23. The van der Waals surface area contributed by atoms with E-state index >= 15 is 0 Å². The molecule has 0 aliphatic heterocycles. The van der Waals surface area contributed by atoms with Gasteiger partial charge in [-0.1, -0.05) is 18.2 Å². The Morgan fingerprint density at radius 1 is 1.00 bits per heavy atom.